The maximum Gasteiger partial charge on any atom is 0.115 e. The molecular formula is C11H11ClN4. The Kier molecular flexibility index (Phi) is 3.22. The molecule has 0 radical (unpaired) electrons. The number of aromatic nitrogens is 2. The number of rotatable bonds is 3. The lowest BCUT2D eigenvalue weighted by atomic mass is 10.1. The molecule has 0 aliphatic carbocycles. The quantitative estimate of drug-likeness (QED) is 0.486. The Bertz CT molecular complexity index is 490. The van der Waals surface area contributed by atoms with E-state index in [2.05, 4.69) is 15.0 Å². The largest absolute Gasteiger partial charge is 0.386 e. The van der Waals surface area contributed by atoms with E-state index in [1.807, 2.05) is 24.3 Å². The van der Waals surface area contributed by atoms with E-state index < -0.39 is 0 Å². The van der Waals surface area contributed by atoms with E-state index in [4.69, 9.17) is 17.3 Å². The van der Waals surface area contributed by atoms with Crippen LogP contribution in [0.5, 0.6) is 0 Å². The van der Waals surface area contributed by atoms with Gasteiger partial charge in [-0.15, -0.1) is 11.6 Å². The number of halogens is 1. The fraction of sp³-hybridized carbons (Fsp3) is 0.0909. The number of hydrogen-bond donors (Lipinski definition) is 2. The number of aromatic amines is 1. The molecule has 0 aliphatic rings. The molecule has 5 heteroatoms. The first kappa shape index (κ1) is 10.7. The second-order valence-electron chi connectivity index (χ2n) is 3.25. The van der Waals surface area contributed by atoms with Crippen molar-refractivity contribution in [3.05, 3.63) is 36.8 Å². The number of hydrogen-bond acceptors (Lipinski definition) is 2. The van der Waals surface area contributed by atoms with Crippen LogP contribution in [0.15, 0.2) is 41.8 Å². The van der Waals surface area contributed by atoms with E-state index in [-0.39, 0.29) is 5.88 Å². The molecule has 0 aliphatic heterocycles. The monoisotopic (exact) mass is 234 g/mol. The lowest BCUT2D eigenvalue weighted by Gasteiger charge is -2.00. The molecule has 0 fully saturated rings. The van der Waals surface area contributed by atoms with Crippen LogP contribution in [0.1, 0.15) is 0 Å². The molecule has 82 valence electrons. The molecule has 16 heavy (non-hydrogen) atoms. The molecule has 0 saturated heterocycles. The molecule has 0 bridgehead atoms. The summed E-state index contributed by atoms with van der Waals surface area (Å²) in [4.78, 5) is 11.2. The van der Waals surface area contributed by atoms with Gasteiger partial charge in [-0.1, -0.05) is 12.1 Å². The minimum absolute atomic E-state index is 0.230. The van der Waals surface area contributed by atoms with Gasteiger partial charge in [0.1, 0.15) is 5.84 Å². The van der Waals surface area contributed by atoms with Crippen LogP contribution in [0.2, 0.25) is 0 Å². The first-order chi connectivity index (χ1) is 7.79. The van der Waals surface area contributed by atoms with Gasteiger partial charge in [0.2, 0.25) is 0 Å². The number of aliphatic imine (C=N–C) groups is 1. The highest BCUT2D eigenvalue weighted by molar-refractivity contribution is 6.28. The number of nitrogens with two attached hydrogens (primary N) is 1. The molecule has 0 unspecified atom stereocenters. The van der Waals surface area contributed by atoms with Gasteiger partial charge in [-0.3, -0.25) is 0 Å². The van der Waals surface area contributed by atoms with E-state index in [1.54, 1.807) is 12.5 Å². The van der Waals surface area contributed by atoms with Crippen molar-refractivity contribution in [2.75, 3.05) is 5.88 Å². The summed E-state index contributed by atoms with van der Waals surface area (Å²) in [5, 5.41) is 0. The summed E-state index contributed by atoms with van der Waals surface area (Å²) in [6, 6.07) is 7.69. The number of amidine groups is 1. The second-order valence-corrected chi connectivity index (χ2v) is 3.52. The van der Waals surface area contributed by atoms with Gasteiger partial charge in [0.25, 0.3) is 0 Å². The van der Waals surface area contributed by atoms with E-state index >= 15 is 0 Å². The van der Waals surface area contributed by atoms with Gasteiger partial charge >= 0.3 is 0 Å². The Balaban J connectivity index is 2.34. The Morgan fingerprint density at radius 2 is 2.38 bits per heavy atom. The molecule has 0 saturated carbocycles. The summed E-state index contributed by atoms with van der Waals surface area (Å²) in [5.41, 5.74) is 8.32. The van der Waals surface area contributed by atoms with Crippen molar-refractivity contribution < 1.29 is 0 Å². The van der Waals surface area contributed by atoms with E-state index in [1.165, 1.54) is 0 Å². The SMILES string of the molecule is NC(CCl)=Nc1cccc(-c2cnc[nH]2)c1. The average molecular weight is 235 g/mol. The number of alkyl halides is 1. The molecular weight excluding hydrogens is 224 g/mol. The fourth-order valence-electron chi connectivity index (χ4n) is 1.35. The average Bonchev–Trinajstić information content (AvgIpc) is 2.83. The van der Waals surface area contributed by atoms with Gasteiger partial charge in [-0.2, -0.15) is 0 Å². The molecule has 1 aromatic carbocycles. The van der Waals surface area contributed by atoms with E-state index in [0.29, 0.717) is 5.84 Å². The fourth-order valence-corrected chi connectivity index (χ4v) is 1.41. The number of H-pyrrole nitrogens is 1. The van der Waals surface area contributed by atoms with Gasteiger partial charge in [-0.25, -0.2) is 9.98 Å². The highest BCUT2D eigenvalue weighted by Crippen LogP contribution is 2.21. The van der Waals surface area contributed by atoms with E-state index in [9.17, 15) is 0 Å². The summed E-state index contributed by atoms with van der Waals surface area (Å²) < 4.78 is 0. The molecule has 0 amide bonds. The summed E-state index contributed by atoms with van der Waals surface area (Å²) >= 11 is 5.57. The summed E-state index contributed by atoms with van der Waals surface area (Å²) in [6.45, 7) is 0. The molecule has 0 spiro atoms. The molecule has 4 nitrogen and oxygen atoms in total. The Labute approximate surface area is 98.2 Å². The number of nitrogens with one attached hydrogen (secondary N) is 1. The van der Waals surface area contributed by atoms with Crippen molar-refractivity contribution in [2.24, 2.45) is 10.7 Å². The zero-order valence-corrected chi connectivity index (χ0v) is 9.28. The van der Waals surface area contributed by atoms with E-state index in [0.717, 1.165) is 16.9 Å². The normalized spacial score (nSPS) is 11.7. The summed E-state index contributed by atoms with van der Waals surface area (Å²) in [5.74, 6) is 0.636. The highest BCUT2D eigenvalue weighted by Gasteiger charge is 1.99. The highest BCUT2D eigenvalue weighted by atomic mass is 35.5. The van der Waals surface area contributed by atoms with Gasteiger partial charge in [-0.05, 0) is 12.1 Å². The van der Waals surface area contributed by atoms with Crippen molar-refractivity contribution in [1.29, 1.82) is 0 Å². The van der Waals surface area contributed by atoms with Crippen LogP contribution >= 0.6 is 11.6 Å². The molecule has 3 N–H and O–H groups in total. The van der Waals surface area contributed by atoms with Crippen LogP contribution < -0.4 is 5.73 Å². The first-order valence-electron chi connectivity index (χ1n) is 4.77. The van der Waals surface area contributed by atoms with Crippen molar-refractivity contribution in [3.63, 3.8) is 0 Å². The standard InChI is InChI=1S/C11H11ClN4/c12-5-11(13)16-9-3-1-2-8(4-9)10-6-14-7-15-10/h1-4,6-7H,5H2,(H2,13,16)(H,14,15). The van der Waals surface area contributed by atoms with Crippen molar-refractivity contribution >= 4 is 23.1 Å². The van der Waals surface area contributed by atoms with Gasteiger partial charge in [0.15, 0.2) is 0 Å². The maximum absolute atomic E-state index is 5.57. The Morgan fingerprint density at radius 3 is 3.06 bits per heavy atom. The molecule has 2 aromatic rings. The van der Waals surface area contributed by atoms with Gasteiger partial charge in [0.05, 0.1) is 29.8 Å². The smallest absolute Gasteiger partial charge is 0.115 e. The topological polar surface area (TPSA) is 67.1 Å². The second kappa shape index (κ2) is 4.81. The number of benzene rings is 1. The van der Waals surface area contributed by atoms with Crippen LogP contribution in [0.3, 0.4) is 0 Å². The van der Waals surface area contributed by atoms with Crippen molar-refractivity contribution in [3.8, 4) is 11.3 Å². The van der Waals surface area contributed by atoms with Crippen LogP contribution in [-0.4, -0.2) is 21.7 Å². The van der Waals surface area contributed by atoms with Crippen LogP contribution in [0.25, 0.3) is 11.3 Å². The lowest BCUT2D eigenvalue weighted by molar-refractivity contribution is 1.31. The molecule has 0 atom stereocenters. The third-order valence-corrected chi connectivity index (χ3v) is 2.34. The number of imidazole rings is 1. The third kappa shape index (κ3) is 2.41. The number of nitrogens with zero attached hydrogens (tertiary/aromatic N) is 2. The molecule has 2 rings (SSSR count). The van der Waals surface area contributed by atoms with Crippen molar-refractivity contribution in [1.82, 2.24) is 9.97 Å². The zero-order valence-electron chi connectivity index (χ0n) is 8.52. The Morgan fingerprint density at radius 1 is 1.50 bits per heavy atom. The summed E-state index contributed by atoms with van der Waals surface area (Å²) in [7, 11) is 0. The molecule has 1 aromatic heterocycles. The van der Waals surface area contributed by atoms with Crippen LogP contribution in [0, 0.1) is 0 Å². The van der Waals surface area contributed by atoms with Gasteiger partial charge < -0.3 is 10.7 Å². The molecule has 1 heterocycles. The predicted octanol–water partition coefficient (Wildman–Crippen LogP) is 2.30. The zero-order chi connectivity index (χ0) is 11.4. The maximum atomic E-state index is 5.57. The van der Waals surface area contributed by atoms with Crippen LogP contribution in [0.4, 0.5) is 5.69 Å². The first-order valence-corrected chi connectivity index (χ1v) is 5.31. The van der Waals surface area contributed by atoms with Crippen molar-refractivity contribution in [2.45, 2.75) is 0 Å². The Hall–Kier alpha value is -1.81. The van der Waals surface area contributed by atoms with Crippen LogP contribution in [-0.2, 0) is 0 Å². The minimum atomic E-state index is 0.230. The third-order valence-electron chi connectivity index (χ3n) is 2.07. The predicted molar refractivity (Wildman–Crippen MR) is 66.0 cm³/mol. The van der Waals surface area contributed by atoms with Gasteiger partial charge in [0, 0.05) is 5.56 Å². The lowest BCUT2D eigenvalue weighted by Crippen LogP contribution is -2.12. The minimum Gasteiger partial charge on any atom is -0.386 e. The summed E-state index contributed by atoms with van der Waals surface area (Å²) in [6.07, 6.45) is 3.39.